The molecule has 0 aliphatic heterocycles. The quantitative estimate of drug-likeness (QED) is 0.848. The number of hydrogen-bond donors (Lipinski definition) is 1. The summed E-state index contributed by atoms with van der Waals surface area (Å²) in [6, 6.07) is 8.06. The summed E-state index contributed by atoms with van der Waals surface area (Å²) >= 11 is 0. The average Bonchev–Trinajstić information content (AvgIpc) is 2.48. The molecule has 0 amide bonds. The summed E-state index contributed by atoms with van der Waals surface area (Å²) in [5.41, 5.74) is 2.18. The number of aliphatic hydroxyl groups excluding tert-OH is 1. The number of carbonyl (C=O) groups is 1. The molecular weight excluding hydrogens is 240 g/mol. The molecule has 1 N–H and O–H groups in total. The van der Waals surface area contributed by atoms with Crippen LogP contribution in [0.25, 0.3) is 0 Å². The lowest BCUT2D eigenvalue weighted by molar-refractivity contribution is -0.149. The molecule has 2 unspecified atom stereocenters. The highest BCUT2D eigenvalue weighted by Gasteiger charge is 2.28. The van der Waals surface area contributed by atoms with E-state index in [0.29, 0.717) is 12.5 Å². The Bertz CT molecular complexity index is 428. The normalized spacial score (nSPS) is 23.1. The number of esters is 1. The number of rotatable bonds is 4. The zero-order valence-electron chi connectivity index (χ0n) is 11.5. The van der Waals surface area contributed by atoms with E-state index in [1.54, 1.807) is 0 Å². The summed E-state index contributed by atoms with van der Waals surface area (Å²) in [6.45, 7) is 2.38. The lowest BCUT2D eigenvalue weighted by Gasteiger charge is -2.28. The van der Waals surface area contributed by atoms with Gasteiger partial charge in [0.05, 0.1) is 19.1 Å². The van der Waals surface area contributed by atoms with Crippen molar-refractivity contribution in [2.45, 2.75) is 45.1 Å². The molecule has 1 aromatic carbocycles. The summed E-state index contributed by atoms with van der Waals surface area (Å²) in [4.78, 5) is 11.8. The second-order valence-electron chi connectivity index (χ2n) is 5.22. The molecule has 0 radical (unpaired) electrons. The van der Waals surface area contributed by atoms with E-state index >= 15 is 0 Å². The van der Waals surface area contributed by atoms with Crippen molar-refractivity contribution >= 4 is 5.97 Å². The molecule has 1 aliphatic rings. The second kappa shape index (κ2) is 6.71. The number of hydrogen-bond acceptors (Lipinski definition) is 3. The summed E-state index contributed by atoms with van der Waals surface area (Å²) in [7, 11) is 0. The molecule has 3 nitrogen and oxygen atoms in total. The zero-order chi connectivity index (χ0) is 13.7. The first kappa shape index (κ1) is 14.1. The Hall–Kier alpha value is -1.35. The van der Waals surface area contributed by atoms with Gasteiger partial charge in [0.1, 0.15) is 0 Å². The van der Waals surface area contributed by atoms with Gasteiger partial charge in [-0.1, -0.05) is 30.7 Å². The van der Waals surface area contributed by atoms with Gasteiger partial charge in [-0.05, 0) is 43.2 Å². The fourth-order valence-electron chi connectivity index (χ4n) is 2.91. The van der Waals surface area contributed by atoms with Gasteiger partial charge in [0.15, 0.2) is 0 Å². The maximum atomic E-state index is 11.8. The van der Waals surface area contributed by atoms with Crippen molar-refractivity contribution in [3.8, 4) is 0 Å². The van der Waals surface area contributed by atoms with Crippen molar-refractivity contribution in [1.82, 2.24) is 0 Å². The van der Waals surface area contributed by atoms with Crippen LogP contribution in [0.1, 0.15) is 49.7 Å². The van der Waals surface area contributed by atoms with Crippen molar-refractivity contribution in [3.05, 3.63) is 35.4 Å². The van der Waals surface area contributed by atoms with Crippen molar-refractivity contribution in [2.75, 3.05) is 6.61 Å². The molecule has 1 aliphatic carbocycles. The highest BCUT2D eigenvalue weighted by Crippen LogP contribution is 2.36. The minimum atomic E-state index is -0.0505. The molecule has 2 atom stereocenters. The van der Waals surface area contributed by atoms with Crippen LogP contribution in [0, 0.1) is 5.92 Å². The van der Waals surface area contributed by atoms with Crippen LogP contribution in [0.2, 0.25) is 0 Å². The summed E-state index contributed by atoms with van der Waals surface area (Å²) < 4.78 is 5.13. The van der Waals surface area contributed by atoms with Crippen molar-refractivity contribution in [2.24, 2.45) is 5.92 Å². The van der Waals surface area contributed by atoms with Gasteiger partial charge in [-0.3, -0.25) is 4.79 Å². The Morgan fingerprint density at radius 2 is 2.26 bits per heavy atom. The van der Waals surface area contributed by atoms with Crippen LogP contribution in [0.5, 0.6) is 0 Å². The summed E-state index contributed by atoms with van der Waals surface area (Å²) in [5, 5.41) is 9.20. The lowest BCUT2D eigenvalue weighted by Crippen LogP contribution is -2.24. The van der Waals surface area contributed by atoms with Gasteiger partial charge in [0.2, 0.25) is 0 Å². The fourth-order valence-corrected chi connectivity index (χ4v) is 2.91. The van der Waals surface area contributed by atoms with E-state index in [-0.39, 0.29) is 18.5 Å². The molecule has 1 aromatic rings. The smallest absolute Gasteiger partial charge is 0.308 e. The number of benzene rings is 1. The van der Waals surface area contributed by atoms with Crippen LogP contribution in [0.3, 0.4) is 0 Å². The number of carbonyl (C=O) groups excluding carboxylic acids is 1. The van der Waals surface area contributed by atoms with Gasteiger partial charge in [0.25, 0.3) is 0 Å². The first-order valence-corrected chi connectivity index (χ1v) is 7.11. The highest BCUT2D eigenvalue weighted by molar-refractivity contribution is 5.72. The van der Waals surface area contributed by atoms with Crippen molar-refractivity contribution in [1.29, 1.82) is 0 Å². The SMILES string of the molecule is CCOC(=O)C1CCCC(c2cccc(CO)c2)C1. The molecule has 19 heavy (non-hydrogen) atoms. The third-order valence-corrected chi connectivity index (χ3v) is 3.90. The Morgan fingerprint density at radius 3 is 3.00 bits per heavy atom. The van der Waals surface area contributed by atoms with Crippen LogP contribution in [-0.2, 0) is 16.1 Å². The van der Waals surface area contributed by atoms with Gasteiger partial charge in [-0.15, -0.1) is 0 Å². The molecular formula is C16H22O3. The van der Waals surface area contributed by atoms with E-state index in [0.717, 1.165) is 31.2 Å². The molecule has 0 saturated heterocycles. The lowest BCUT2D eigenvalue weighted by atomic mass is 9.78. The topological polar surface area (TPSA) is 46.5 Å². The van der Waals surface area contributed by atoms with Crippen LogP contribution < -0.4 is 0 Å². The summed E-state index contributed by atoms with van der Waals surface area (Å²) in [5.74, 6) is 0.400. The largest absolute Gasteiger partial charge is 0.466 e. The Kier molecular flexibility index (Phi) is 4.97. The Labute approximate surface area is 114 Å². The van der Waals surface area contributed by atoms with E-state index in [1.807, 2.05) is 19.1 Å². The molecule has 104 valence electrons. The Morgan fingerprint density at radius 1 is 1.42 bits per heavy atom. The molecule has 1 fully saturated rings. The molecule has 0 aromatic heterocycles. The zero-order valence-corrected chi connectivity index (χ0v) is 11.5. The third-order valence-electron chi connectivity index (χ3n) is 3.90. The minimum Gasteiger partial charge on any atom is -0.466 e. The van der Waals surface area contributed by atoms with Gasteiger partial charge >= 0.3 is 5.97 Å². The molecule has 3 heteroatoms. The maximum Gasteiger partial charge on any atom is 0.308 e. The van der Waals surface area contributed by atoms with Crippen LogP contribution in [-0.4, -0.2) is 17.7 Å². The van der Waals surface area contributed by atoms with Gasteiger partial charge in [-0.2, -0.15) is 0 Å². The van der Waals surface area contributed by atoms with E-state index in [4.69, 9.17) is 4.74 Å². The highest BCUT2D eigenvalue weighted by atomic mass is 16.5. The second-order valence-corrected chi connectivity index (χ2v) is 5.22. The third kappa shape index (κ3) is 3.57. The van der Waals surface area contributed by atoms with E-state index in [1.165, 1.54) is 5.56 Å². The average molecular weight is 262 g/mol. The predicted molar refractivity (Wildman–Crippen MR) is 73.7 cm³/mol. The standard InChI is InChI=1S/C16H22O3/c1-2-19-16(18)15-8-4-7-14(10-15)13-6-3-5-12(9-13)11-17/h3,5-6,9,14-15,17H,2,4,7-8,10-11H2,1H3. The van der Waals surface area contributed by atoms with Crippen LogP contribution in [0.4, 0.5) is 0 Å². The summed E-state index contributed by atoms with van der Waals surface area (Å²) in [6.07, 6.45) is 3.99. The fraction of sp³-hybridized carbons (Fsp3) is 0.562. The molecule has 1 saturated carbocycles. The van der Waals surface area contributed by atoms with Crippen molar-refractivity contribution in [3.63, 3.8) is 0 Å². The van der Waals surface area contributed by atoms with Crippen LogP contribution in [0.15, 0.2) is 24.3 Å². The van der Waals surface area contributed by atoms with Crippen LogP contribution >= 0.6 is 0 Å². The molecule has 2 rings (SSSR count). The first-order chi connectivity index (χ1) is 9.24. The molecule has 0 heterocycles. The van der Waals surface area contributed by atoms with E-state index < -0.39 is 0 Å². The van der Waals surface area contributed by atoms with E-state index in [2.05, 4.69) is 12.1 Å². The van der Waals surface area contributed by atoms with Gasteiger partial charge in [0, 0.05) is 0 Å². The minimum absolute atomic E-state index is 0.0384. The van der Waals surface area contributed by atoms with Crippen molar-refractivity contribution < 1.29 is 14.6 Å². The molecule has 0 spiro atoms. The number of ether oxygens (including phenoxy) is 1. The maximum absolute atomic E-state index is 11.8. The molecule has 0 bridgehead atoms. The Balaban J connectivity index is 2.05. The van der Waals surface area contributed by atoms with E-state index in [9.17, 15) is 9.90 Å². The first-order valence-electron chi connectivity index (χ1n) is 7.11. The predicted octanol–water partition coefficient (Wildman–Crippen LogP) is 3.02. The monoisotopic (exact) mass is 262 g/mol. The van der Waals surface area contributed by atoms with Gasteiger partial charge in [-0.25, -0.2) is 0 Å². The number of aliphatic hydroxyl groups is 1. The van der Waals surface area contributed by atoms with Gasteiger partial charge < -0.3 is 9.84 Å².